The number of thioether (sulfide) groups is 1. The van der Waals surface area contributed by atoms with Crippen molar-refractivity contribution in [2.45, 2.75) is 35.4 Å². The summed E-state index contributed by atoms with van der Waals surface area (Å²) in [6.07, 6.45) is 4.58. The summed E-state index contributed by atoms with van der Waals surface area (Å²) in [7, 11) is 0. The van der Waals surface area contributed by atoms with E-state index < -0.39 is 0 Å². The molecule has 4 rings (SSSR count). The van der Waals surface area contributed by atoms with Crippen molar-refractivity contribution in [3.63, 3.8) is 0 Å². The number of rotatable bonds is 3. The number of fused-ring (bicyclic) bond motifs is 1. The third kappa shape index (κ3) is 3.24. The Hall–Kier alpha value is -2.08. The molecule has 1 saturated heterocycles. The van der Waals surface area contributed by atoms with E-state index in [1.165, 1.54) is 10.5 Å². The maximum absolute atomic E-state index is 12.6. The highest BCUT2D eigenvalue weighted by molar-refractivity contribution is 8.01. The molecule has 1 amide bonds. The molecular weight excluding hydrogens is 320 g/mol. The molecule has 1 N–H and O–H groups in total. The van der Waals surface area contributed by atoms with Gasteiger partial charge in [0.25, 0.3) is 0 Å². The fourth-order valence-electron chi connectivity index (χ4n) is 3.39. The van der Waals surface area contributed by atoms with Gasteiger partial charge in [-0.1, -0.05) is 18.2 Å². The molecule has 24 heavy (non-hydrogen) atoms. The summed E-state index contributed by atoms with van der Waals surface area (Å²) in [5, 5.41) is 11.4. The first kappa shape index (κ1) is 15.4. The Morgan fingerprint density at radius 2 is 2.17 bits per heavy atom. The number of nitrogens with one attached hydrogen (secondary N) is 1. The molecule has 2 aliphatic heterocycles. The number of nitrogens with zero attached hydrogens (tertiary/aromatic N) is 3. The average Bonchev–Trinajstić information content (AvgIpc) is 3.07. The van der Waals surface area contributed by atoms with Gasteiger partial charge in [-0.2, -0.15) is 5.10 Å². The summed E-state index contributed by atoms with van der Waals surface area (Å²) in [5.74, 6) is 1.04. The first-order valence-corrected chi connectivity index (χ1v) is 9.25. The first-order valence-electron chi connectivity index (χ1n) is 8.37. The Labute approximate surface area is 145 Å². The smallest absolute Gasteiger partial charge is 0.234 e. The van der Waals surface area contributed by atoms with Crippen molar-refractivity contribution in [3.8, 4) is 0 Å². The molecular formula is C18H20N4OS. The molecule has 1 aromatic carbocycles. The molecule has 0 bridgehead atoms. The molecule has 1 aromatic heterocycles. The van der Waals surface area contributed by atoms with Crippen LogP contribution in [0.2, 0.25) is 0 Å². The quantitative estimate of drug-likeness (QED) is 0.929. The molecule has 5 nitrogen and oxygen atoms in total. The van der Waals surface area contributed by atoms with Crippen molar-refractivity contribution >= 4 is 23.5 Å². The SMILES string of the molecule is O=C(NC1CCCN(c2cccnn2)C1)C1Cc2ccccc2S1. The van der Waals surface area contributed by atoms with Gasteiger partial charge in [0.2, 0.25) is 5.91 Å². The summed E-state index contributed by atoms with van der Waals surface area (Å²) in [5.41, 5.74) is 1.28. The van der Waals surface area contributed by atoms with Gasteiger partial charge >= 0.3 is 0 Å². The van der Waals surface area contributed by atoms with Crippen molar-refractivity contribution in [1.82, 2.24) is 15.5 Å². The normalized spacial score (nSPS) is 22.9. The minimum Gasteiger partial charge on any atom is -0.353 e. The zero-order chi connectivity index (χ0) is 16.4. The number of benzene rings is 1. The second-order valence-corrected chi connectivity index (χ2v) is 7.54. The van der Waals surface area contributed by atoms with Crippen molar-refractivity contribution in [3.05, 3.63) is 48.2 Å². The minimum absolute atomic E-state index is 0.00528. The molecule has 0 radical (unpaired) electrons. The highest BCUT2D eigenvalue weighted by Gasteiger charge is 2.30. The van der Waals surface area contributed by atoms with Crippen LogP contribution in [0.4, 0.5) is 5.82 Å². The molecule has 0 spiro atoms. The predicted octanol–water partition coefficient (Wildman–Crippen LogP) is 2.28. The van der Waals surface area contributed by atoms with Crippen LogP contribution in [0, 0.1) is 0 Å². The predicted molar refractivity (Wildman–Crippen MR) is 95.2 cm³/mol. The van der Waals surface area contributed by atoms with Crippen LogP contribution in [0.1, 0.15) is 18.4 Å². The number of amides is 1. The Balaban J connectivity index is 1.36. The molecule has 1 fully saturated rings. The molecule has 2 aliphatic rings. The average molecular weight is 340 g/mol. The Kier molecular flexibility index (Phi) is 4.38. The van der Waals surface area contributed by atoms with Crippen molar-refractivity contribution in [2.75, 3.05) is 18.0 Å². The van der Waals surface area contributed by atoms with E-state index in [1.54, 1.807) is 18.0 Å². The van der Waals surface area contributed by atoms with Crippen LogP contribution in [0.5, 0.6) is 0 Å². The first-order chi connectivity index (χ1) is 11.8. The van der Waals surface area contributed by atoms with Crippen LogP contribution in [0.15, 0.2) is 47.5 Å². The largest absolute Gasteiger partial charge is 0.353 e. The Bertz CT molecular complexity index is 699. The summed E-state index contributed by atoms with van der Waals surface area (Å²) in [4.78, 5) is 16.1. The van der Waals surface area contributed by atoms with E-state index in [1.807, 2.05) is 24.3 Å². The number of anilines is 1. The van der Waals surface area contributed by atoms with Gasteiger partial charge in [0, 0.05) is 30.2 Å². The van der Waals surface area contributed by atoms with Gasteiger partial charge in [-0.15, -0.1) is 16.9 Å². The Morgan fingerprint density at radius 3 is 3.00 bits per heavy atom. The van der Waals surface area contributed by atoms with Crippen molar-refractivity contribution in [2.24, 2.45) is 0 Å². The number of hydrogen-bond acceptors (Lipinski definition) is 5. The summed E-state index contributed by atoms with van der Waals surface area (Å²) in [6, 6.07) is 12.3. The molecule has 2 aromatic rings. The van der Waals surface area contributed by atoms with Crippen molar-refractivity contribution < 1.29 is 4.79 Å². The van der Waals surface area contributed by atoms with E-state index in [2.05, 4.69) is 32.5 Å². The van der Waals surface area contributed by atoms with E-state index in [9.17, 15) is 4.79 Å². The number of hydrogen-bond donors (Lipinski definition) is 1. The topological polar surface area (TPSA) is 58.1 Å². The fraction of sp³-hybridized carbons (Fsp3) is 0.389. The van der Waals surface area contributed by atoms with Gasteiger partial charge < -0.3 is 10.2 Å². The van der Waals surface area contributed by atoms with Crippen LogP contribution >= 0.6 is 11.8 Å². The zero-order valence-electron chi connectivity index (χ0n) is 13.4. The van der Waals surface area contributed by atoms with E-state index >= 15 is 0 Å². The van der Waals surface area contributed by atoms with Gasteiger partial charge in [-0.25, -0.2) is 0 Å². The van der Waals surface area contributed by atoms with Gasteiger partial charge in [-0.05, 0) is 43.0 Å². The lowest BCUT2D eigenvalue weighted by Gasteiger charge is -2.34. The van der Waals surface area contributed by atoms with Crippen LogP contribution < -0.4 is 10.2 Å². The van der Waals surface area contributed by atoms with Crippen LogP contribution in [-0.2, 0) is 11.2 Å². The second kappa shape index (κ2) is 6.81. The molecule has 0 aliphatic carbocycles. The lowest BCUT2D eigenvalue weighted by molar-refractivity contribution is -0.121. The second-order valence-electron chi connectivity index (χ2n) is 6.29. The third-order valence-electron chi connectivity index (χ3n) is 4.59. The number of carbonyl (C=O) groups excluding carboxylic acids is 1. The molecule has 124 valence electrons. The maximum Gasteiger partial charge on any atom is 0.234 e. The number of aromatic nitrogens is 2. The van der Waals surface area contributed by atoms with Gasteiger partial charge in [-0.3, -0.25) is 4.79 Å². The number of carbonyl (C=O) groups is 1. The molecule has 2 unspecified atom stereocenters. The van der Waals surface area contributed by atoms with E-state index in [-0.39, 0.29) is 17.2 Å². The number of piperidine rings is 1. The lowest BCUT2D eigenvalue weighted by atomic mass is 10.0. The standard InChI is InChI=1S/C18H20N4OS/c23-18(16-11-13-5-1-2-7-15(13)24-16)20-14-6-4-10-22(12-14)17-8-3-9-19-21-17/h1-3,5,7-9,14,16H,4,6,10-12H2,(H,20,23). The van der Waals surface area contributed by atoms with Crippen molar-refractivity contribution in [1.29, 1.82) is 0 Å². The molecule has 0 saturated carbocycles. The van der Waals surface area contributed by atoms with Gasteiger partial charge in [0.05, 0.1) is 5.25 Å². The van der Waals surface area contributed by atoms with Crippen LogP contribution in [-0.4, -0.2) is 40.5 Å². The summed E-state index contributed by atoms with van der Waals surface area (Å²) < 4.78 is 0. The summed E-state index contributed by atoms with van der Waals surface area (Å²) in [6.45, 7) is 1.77. The summed E-state index contributed by atoms with van der Waals surface area (Å²) >= 11 is 1.68. The minimum atomic E-state index is -0.00528. The Morgan fingerprint density at radius 1 is 1.25 bits per heavy atom. The monoisotopic (exact) mass is 340 g/mol. The van der Waals surface area contributed by atoms with E-state index in [0.29, 0.717) is 0 Å². The maximum atomic E-state index is 12.6. The fourth-order valence-corrected chi connectivity index (χ4v) is 4.59. The van der Waals surface area contributed by atoms with E-state index in [0.717, 1.165) is 38.2 Å². The zero-order valence-corrected chi connectivity index (χ0v) is 14.2. The molecule has 2 atom stereocenters. The van der Waals surface area contributed by atoms with Crippen LogP contribution in [0.25, 0.3) is 0 Å². The van der Waals surface area contributed by atoms with E-state index in [4.69, 9.17) is 0 Å². The molecule has 6 heteroatoms. The lowest BCUT2D eigenvalue weighted by Crippen LogP contribution is -2.50. The van der Waals surface area contributed by atoms with Crippen LogP contribution in [0.3, 0.4) is 0 Å². The third-order valence-corrected chi connectivity index (χ3v) is 5.91. The highest BCUT2D eigenvalue weighted by atomic mass is 32.2. The van der Waals surface area contributed by atoms with Gasteiger partial charge in [0.1, 0.15) is 0 Å². The van der Waals surface area contributed by atoms with Gasteiger partial charge in [0.15, 0.2) is 5.82 Å². The highest BCUT2D eigenvalue weighted by Crippen LogP contribution is 2.36. The molecule has 3 heterocycles.